The van der Waals surface area contributed by atoms with Crippen molar-refractivity contribution in [3.05, 3.63) is 84.6 Å². The molecule has 1 heterocycles. The van der Waals surface area contributed by atoms with E-state index in [2.05, 4.69) is 14.4 Å². The largest absolute Gasteiger partial charge is 0.465 e. The highest BCUT2D eigenvalue weighted by Crippen LogP contribution is 2.27. The molecule has 0 radical (unpaired) electrons. The minimum absolute atomic E-state index is 0.104. The first-order chi connectivity index (χ1) is 14.9. The van der Waals surface area contributed by atoms with E-state index in [1.54, 1.807) is 18.3 Å². The number of nitrogens with two attached hydrogens (primary N) is 1. The number of carbonyl (C=O) groups excluding carboxylic acids is 1. The van der Waals surface area contributed by atoms with Gasteiger partial charge in [0.05, 0.1) is 28.8 Å². The molecule has 4 aromatic rings. The van der Waals surface area contributed by atoms with Gasteiger partial charge in [-0.05, 0) is 59.7 Å². The van der Waals surface area contributed by atoms with Crippen LogP contribution in [-0.4, -0.2) is 26.5 Å². The smallest absolute Gasteiger partial charge is 0.339 e. The summed E-state index contributed by atoms with van der Waals surface area (Å²) in [5, 5.41) is 0.965. The van der Waals surface area contributed by atoms with Crippen molar-refractivity contribution < 1.29 is 17.9 Å². The van der Waals surface area contributed by atoms with E-state index < -0.39 is 16.0 Å². The zero-order valence-electron chi connectivity index (χ0n) is 16.6. The fraction of sp³-hybridized carbons (Fsp3) is 0.0435. The second kappa shape index (κ2) is 8.08. The molecule has 0 saturated carbocycles. The van der Waals surface area contributed by atoms with E-state index in [9.17, 15) is 13.2 Å². The van der Waals surface area contributed by atoms with E-state index in [0.717, 1.165) is 22.0 Å². The number of benzene rings is 3. The number of nitrogen functional groups attached to an aromatic ring is 1. The molecule has 0 bridgehead atoms. The molecule has 3 aromatic carbocycles. The van der Waals surface area contributed by atoms with Gasteiger partial charge in [0.15, 0.2) is 0 Å². The van der Waals surface area contributed by atoms with Crippen LogP contribution >= 0.6 is 0 Å². The van der Waals surface area contributed by atoms with Crippen LogP contribution in [0, 0.1) is 0 Å². The molecule has 7 nitrogen and oxygen atoms in total. The Bertz CT molecular complexity index is 1400. The topological polar surface area (TPSA) is 111 Å². The molecule has 0 saturated heterocycles. The number of pyridine rings is 1. The molecule has 0 unspecified atom stereocenters. The van der Waals surface area contributed by atoms with Crippen molar-refractivity contribution in [2.75, 3.05) is 17.6 Å². The standard InChI is InChI=1S/C23H19N3O4S/c1-30-23(27)20-9-8-18(14-21(20)24)26-31(28,29)19-6-2-4-15(13-19)16-7-10-22-17(12-16)5-3-11-25-22/h2-14,26H,24H2,1H3. The average molecular weight is 433 g/mol. The molecule has 0 aliphatic rings. The van der Waals surface area contributed by atoms with Crippen molar-refractivity contribution in [2.24, 2.45) is 0 Å². The van der Waals surface area contributed by atoms with Gasteiger partial charge in [-0.2, -0.15) is 0 Å². The summed E-state index contributed by atoms with van der Waals surface area (Å²) < 4.78 is 33.0. The Morgan fingerprint density at radius 2 is 1.77 bits per heavy atom. The Hall–Kier alpha value is -3.91. The highest BCUT2D eigenvalue weighted by molar-refractivity contribution is 7.92. The summed E-state index contributed by atoms with van der Waals surface area (Å²) in [6, 6.07) is 20.5. The number of nitrogens with one attached hydrogen (secondary N) is 1. The number of hydrogen-bond donors (Lipinski definition) is 2. The minimum Gasteiger partial charge on any atom is -0.465 e. The fourth-order valence-electron chi connectivity index (χ4n) is 3.23. The zero-order chi connectivity index (χ0) is 22.0. The number of ether oxygens (including phenoxy) is 1. The van der Waals surface area contributed by atoms with Gasteiger partial charge in [0.2, 0.25) is 0 Å². The Morgan fingerprint density at radius 3 is 2.55 bits per heavy atom. The molecule has 0 aliphatic carbocycles. The van der Waals surface area contributed by atoms with Gasteiger partial charge in [0.25, 0.3) is 10.0 Å². The van der Waals surface area contributed by atoms with Gasteiger partial charge in [0.1, 0.15) is 0 Å². The lowest BCUT2D eigenvalue weighted by Gasteiger charge is -2.12. The quantitative estimate of drug-likeness (QED) is 0.362. The van der Waals surface area contributed by atoms with E-state index >= 15 is 0 Å². The van der Waals surface area contributed by atoms with Gasteiger partial charge >= 0.3 is 5.97 Å². The van der Waals surface area contributed by atoms with Crippen molar-refractivity contribution in [1.82, 2.24) is 4.98 Å². The van der Waals surface area contributed by atoms with Gasteiger partial charge in [-0.25, -0.2) is 13.2 Å². The van der Waals surface area contributed by atoms with E-state index in [-0.39, 0.29) is 21.8 Å². The number of sulfonamides is 1. The molecular formula is C23H19N3O4S. The molecule has 0 atom stereocenters. The normalized spacial score (nSPS) is 11.3. The Morgan fingerprint density at radius 1 is 0.968 bits per heavy atom. The van der Waals surface area contributed by atoms with Crippen LogP contribution in [-0.2, 0) is 14.8 Å². The van der Waals surface area contributed by atoms with Crippen LogP contribution in [0.2, 0.25) is 0 Å². The Kier molecular flexibility index (Phi) is 5.31. The predicted molar refractivity (Wildman–Crippen MR) is 120 cm³/mol. The second-order valence-corrected chi connectivity index (χ2v) is 8.52. The molecule has 31 heavy (non-hydrogen) atoms. The molecule has 0 spiro atoms. The number of nitrogens with zero attached hydrogens (tertiary/aromatic N) is 1. The van der Waals surface area contributed by atoms with E-state index in [0.29, 0.717) is 0 Å². The third-order valence-corrected chi connectivity index (χ3v) is 6.17. The van der Waals surface area contributed by atoms with Crippen molar-refractivity contribution in [2.45, 2.75) is 4.90 Å². The maximum atomic E-state index is 12.9. The first-order valence-corrected chi connectivity index (χ1v) is 10.8. The SMILES string of the molecule is COC(=O)c1ccc(NS(=O)(=O)c2cccc(-c3ccc4ncccc4c3)c2)cc1N. The van der Waals surface area contributed by atoms with Crippen LogP contribution < -0.4 is 10.5 Å². The van der Waals surface area contributed by atoms with Crippen molar-refractivity contribution in [3.8, 4) is 11.1 Å². The number of fused-ring (bicyclic) bond motifs is 1. The molecule has 1 aromatic heterocycles. The summed E-state index contributed by atoms with van der Waals surface area (Å²) in [5.74, 6) is -0.592. The first-order valence-electron chi connectivity index (χ1n) is 9.33. The van der Waals surface area contributed by atoms with Crippen LogP contribution in [0.5, 0.6) is 0 Å². The van der Waals surface area contributed by atoms with Crippen molar-refractivity contribution in [3.63, 3.8) is 0 Å². The summed E-state index contributed by atoms with van der Waals surface area (Å²) in [4.78, 5) is 16.1. The first kappa shape index (κ1) is 20.4. The predicted octanol–water partition coefficient (Wildman–Crippen LogP) is 4.07. The Balaban J connectivity index is 1.64. The summed E-state index contributed by atoms with van der Waals surface area (Å²) >= 11 is 0. The lowest BCUT2D eigenvalue weighted by atomic mass is 10.0. The summed E-state index contributed by atoms with van der Waals surface area (Å²) in [6.07, 6.45) is 1.73. The van der Waals surface area contributed by atoms with Crippen molar-refractivity contribution in [1.29, 1.82) is 0 Å². The van der Waals surface area contributed by atoms with Crippen LogP contribution in [0.1, 0.15) is 10.4 Å². The van der Waals surface area contributed by atoms with Crippen molar-refractivity contribution >= 4 is 38.3 Å². The molecular weight excluding hydrogens is 414 g/mol. The maximum absolute atomic E-state index is 12.9. The molecule has 0 aliphatic heterocycles. The average Bonchev–Trinajstić information content (AvgIpc) is 2.78. The highest BCUT2D eigenvalue weighted by atomic mass is 32.2. The Labute approximate surface area is 179 Å². The third kappa shape index (κ3) is 4.19. The van der Waals surface area contributed by atoms with E-state index in [1.807, 2.05) is 36.4 Å². The maximum Gasteiger partial charge on any atom is 0.339 e. The van der Waals surface area contributed by atoms with Gasteiger partial charge in [-0.15, -0.1) is 0 Å². The van der Waals surface area contributed by atoms with E-state index in [4.69, 9.17) is 5.73 Å². The number of rotatable bonds is 5. The molecule has 3 N–H and O–H groups in total. The second-order valence-electron chi connectivity index (χ2n) is 6.84. The van der Waals surface area contributed by atoms with E-state index in [1.165, 1.54) is 31.4 Å². The number of esters is 1. The van der Waals surface area contributed by atoms with Gasteiger partial charge < -0.3 is 10.5 Å². The minimum atomic E-state index is -3.88. The molecule has 0 amide bonds. The summed E-state index contributed by atoms with van der Waals surface area (Å²) in [7, 11) is -2.63. The third-order valence-electron chi connectivity index (χ3n) is 4.79. The van der Waals surface area contributed by atoms with Gasteiger partial charge in [-0.3, -0.25) is 9.71 Å². The van der Waals surface area contributed by atoms with Crippen LogP contribution in [0.15, 0.2) is 83.9 Å². The van der Waals surface area contributed by atoms with Crippen LogP contribution in [0.4, 0.5) is 11.4 Å². The molecule has 156 valence electrons. The summed E-state index contributed by atoms with van der Waals surface area (Å²) in [6.45, 7) is 0. The molecule has 8 heteroatoms. The number of aromatic nitrogens is 1. The number of anilines is 2. The monoisotopic (exact) mass is 433 g/mol. The van der Waals surface area contributed by atoms with Crippen LogP contribution in [0.25, 0.3) is 22.0 Å². The zero-order valence-corrected chi connectivity index (χ0v) is 17.4. The lowest BCUT2D eigenvalue weighted by molar-refractivity contribution is 0.0602. The highest BCUT2D eigenvalue weighted by Gasteiger charge is 2.17. The lowest BCUT2D eigenvalue weighted by Crippen LogP contribution is -2.14. The fourth-order valence-corrected chi connectivity index (χ4v) is 4.33. The van der Waals surface area contributed by atoms with Crippen LogP contribution in [0.3, 0.4) is 0 Å². The summed E-state index contributed by atoms with van der Waals surface area (Å²) in [5.41, 5.74) is 8.89. The van der Waals surface area contributed by atoms with Gasteiger partial charge in [-0.1, -0.05) is 24.3 Å². The number of hydrogen-bond acceptors (Lipinski definition) is 6. The van der Waals surface area contributed by atoms with Gasteiger partial charge in [0, 0.05) is 17.3 Å². The number of methoxy groups -OCH3 is 1. The number of carbonyl (C=O) groups is 1. The molecule has 0 fully saturated rings. The molecule has 4 rings (SSSR count).